The molecule has 0 N–H and O–H groups in total. The zero-order valence-corrected chi connectivity index (χ0v) is 16.4. The van der Waals surface area contributed by atoms with Crippen LogP contribution in [0.15, 0.2) is 30.3 Å². The molecule has 1 aromatic carbocycles. The Kier molecular flexibility index (Phi) is 6.45. The first kappa shape index (κ1) is 20.4. The smallest absolute Gasteiger partial charge is 0.310 e. The third-order valence-corrected chi connectivity index (χ3v) is 4.77. The Morgan fingerprint density at radius 1 is 1.12 bits per heavy atom. The second-order valence-corrected chi connectivity index (χ2v) is 8.27. The Hall–Kier alpha value is -1.88. The Morgan fingerprint density at radius 2 is 1.69 bits per heavy atom. The molecule has 1 atom stereocenters. The summed E-state index contributed by atoms with van der Waals surface area (Å²) in [4.78, 5) is 24.7. The molecule has 1 saturated heterocycles. The summed E-state index contributed by atoms with van der Waals surface area (Å²) in [6.45, 7) is 8.28. The van der Waals surface area contributed by atoms with Gasteiger partial charge in [0, 0.05) is 0 Å². The monoisotopic (exact) mass is 362 g/mol. The molecule has 0 bridgehead atoms. The van der Waals surface area contributed by atoms with Crippen molar-refractivity contribution >= 4 is 11.9 Å². The van der Waals surface area contributed by atoms with E-state index in [1.165, 1.54) is 7.11 Å². The second kappa shape index (κ2) is 8.21. The molecule has 1 aromatic rings. The van der Waals surface area contributed by atoms with E-state index in [0.29, 0.717) is 12.8 Å². The highest BCUT2D eigenvalue weighted by molar-refractivity contribution is 5.80. The first-order valence-corrected chi connectivity index (χ1v) is 9.09. The summed E-state index contributed by atoms with van der Waals surface area (Å²) in [6.07, 6.45) is 1.41. The summed E-state index contributed by atoms with van der Waals surface area (Å²) in [5, 5.41) is 0. The Balaban J connectivity index is 2.14. The minimum atomic E-state index is -0.534. The SMILES string of the molecule is COC(=O)CC(C(=O)OCc1ccccc1)C1CC(C)(C)OC(C)(C)C1. The van der Waals surface area contributed by atoms with Crippen LogP contribution in [0.1, 0.15) is 52.5 Å². The zero-order chi connectivity index (χ0) is 19.4. The molecule has 1 heterocycles. The van der Waals surface area contributed by atoms with E-state index >= 15 is 0 Å². The van der Waals surface area contributed by atoms with Crippen molar-refractivity contribution in [2.45, 2.75) is 64.8 Å². The van der Waals surface area contributed by atoms with Crippen molar-refractivity contribution in [2.24, 2.45) is 11.8 Å². The predicted octanol–water partition coefficient (Wildman–Crippen LogP) is 3.89. The molecule has 0 aromatic heterocycles. The molecule has 1 aliphatic heterocycles. The van der Waals surface area contributed by atoms with Crippen LogP contribution >= 0.6 is 0 Å². The summed E-state index contributed by atoms with van der Waals surface area (Å²) in [5.41, 5.74) is 0.200. The van der Waals surface area contributed by atoms with Gasteiger partial charge >= 0.3 is 11.9 Å². The van der Waals surface area contributed by atoms with E-state index in [1.54, 1.807) is 0 Å². The average Bonchev–Trinajstić information content (AvgIpc) is 2.55. The van der Waals surface area contributed by atoms with Gasteiger partial charge in [-0.1, -0.05) is 30.3 Å². The molecular formula is C21H30O5. The van der Waals surface area contributed by atoms with Crippen molar-refractivity contribution in [3.63, 3.8) is 0 Å². The van der Waals surface area contributed by atoms with Gasteiger partial charge in [-0.15, -0.1) is 0 Å². The van der Waals surface area contributed by atoms with Crippen LogP contribution < -0.4 is 0 Å². The van der Waals surface area contributed by atoms with Gasteiger partial charge in [0.2, 0.25) is 0 Å². The van der Waals surface area contributed by atoms with Crippen LogP contribution in [0.5, 0.6) is 0 Å². The number of carbonyl (C=O) groups is 2. The van der Waals surface area contributed by atoms with Crippen molar-refractivity contribution in [1.29, 1.82) is 0 Å². The molecule has 0 radical (unpaired) electrons. The van der Waals surface area contributed by atoms with E-state index in [4.69, 9.17) is 14.2 Å². The Morgan fingerprint density at radius 3 is 2.23 bits per heavy atom. The van der Waals surface area contributed by atoms with E-state index in [0.717, 1.165) is 5.56 Å². The largest absolute Gasteiger partial charge is 0.469 e. The van der Waals surface area contributed by atoms with E-state index in [2.05, 4.69) is 0 Å². The molecule has 0 spiro atoms. The lowest BCUT2D eigenvalue weighted by molar-refractivity contribution is -0.188. The fourth-order valence-corrected chi connectivity index (χ4v) is 3.99. The highest BCUT2D eigenvalue weighted by Gasteiger charge is 2.45. The van der Waals surface area contributed by atoms with Gasteiger partial charge in [-0.25, -0.2) is 0 Å². The average molecular weight is 362 g/mol. The molecule has 2 rings (SSSR count). The first-order chi connectivity index (χ1) is 12.1. The molecule has 0 amide bonds. The van der Waals surface area contributed by atoms with Crippen LogP contribution in [0.25, 0.3) is 0 Å². The van der Waals surface area contributed by atoms with Gasteiger partial charge in [0.25, 0.3) is 0 Å². The van der Waals surface area contributed by atoms with Gasteiger partial charge < -0.3 is 14.2 Å². The molecule has 144 valence electrons. The molecular weight excluding hydrogens is 332 g/mol. The summed E-state index contributed by atoms with van der Waals surface area (Å²) < 4.78 is 16.5. The van der Waals surface area contributed by atoms with Crippen molar-refractivity contribution in [3.05, 3.63) is 35.9 Å². The lowest BCUT2D eigenvalue weighted by atomic mass is 9.73. The topological polar surface area (TPSA) is 61.8 Å². The summed E-state index contributed by atoms with van der Waals surface area (Å²) >= 11 is 0. The number of hydrogen-bond acceptors (Lipinski definition) is 5. The van der Waals surface area contributed by atoms with Gasteiger partial charge in [-0.05, 0) is 52.0 Å². The van der Waals surface area contributed by atoms with Gasteiger partial charge in [0.05, 0.1) is 30.7 Å². The number of carbonyl (C=O) groups excluding carboxylic acids is 2. The highest BCUT2D eigenvalue weighted by Crippen LogP contribution is 2.42. The van der Waals surface area contributed by atoms with Gasteiger partial charge in [0.1, 0.15) is 6.61 Å². The highest BCUT2D eigenvalue weighted by atomic mass is 16.5. The molecule has 5 heteroatoms. The standard InChI is InChI=1S/C21H30O5/c1-20(2)12-16(13-21(3,4)26-20)17(11-18(22)24-5)19(23)25-14-15-9-7-6-8-10-15/h6-10,16-17H,11-14H2,1-5H3. The molecule has 1 unspecified atom stereocenters. The van der Waals surface area contributed by atoms with Crippen molar-refractivity contribution in [1.82, 2.24) is 0 Å². The minimum absolute atomic E-state index is 0.00359. The van der Waals surface area contributed by atoms with Crippen LogP contribution in [-0.2, 0) is 30.4 Å². The minimum Gasteiger partial charge on any atom is -0.469 e. The third-order valence-electron chi connectivity index (χ3n) is 4.77. The zero-order valence-electron chi connectivity index (χ0n) is 16.4. The maximum atomic E-state index is 12.8. The van der Waals surface area contributed by atoms with Crippen molar-refractivity contribution in [2.75, 3.05) is 7.11 Å². The van der Waals surface area contributed by atoms with Gasteiger partial charge in [0.15, 0.2) is 0 Å². The summed E-state index contributed by atoms with van der Waals surface area (Å²) in [5.74, 6) is -1.28. The number of ether oxygens (including phenoxy) is 3. The number of methoxy groups -OCH3 is 1. The van der Waals surface area contributed by atoms with Gasteiger partial charge in [-0.3, -0.25) is 9.59 Å². The molecule has 1 aliphatic rings. The lowest BCUT2D eigenvalue weighted by Crippen LogP contribution is -2.48. The first-order valence-electron chi connectivity index (χ1n) is 9.09. The molecule has 26 heavy (non-hydrogen) atoms. The number of hydrogen-bond donors (Lipinski definition) is 0. The maximum Gasteiger partial charge on any atom is 0.310 e. The number of esters is 2. The van der Waals surface area contributed by atoms with E-state index in [1.807, 2.05) is 58.0 Å². The summed E-state index contributed by atoms with van der Waals surface area (Å²) in [7, 11) is 1.34. The van der Waals surface area contributed by atoms with Crippen LogP contribution in [-0.4, -0.2) is 30.3 Å². The van der Waals surface area contributed by atoms with E-state index in [-0.39, 0.29) is 36.1 Å². The fourth-order valence-electron chi connectivity index (χ4n) is 3.99. The molecule has 0 saturated carbocycles. The summed E-state index contributed by atoms with van der Waals surface area (Å²) in [6, 6.07) is 9.53. The number of rotatable bonds is 6. The van der Waals surface area contributed by atoms with E-state index in [9.17, 15) is 9.59 Å². The van der Waals surface area contributed by atoms with Crippen molar-refractivity contribution < 1.29 is 23.8 Å². The second-order valence-electron chi connectivity index (χ2n) is 8.27. The Bertz CT molecular complexity index is 605. The Labute approximate surface area is 156 Å². The van der Waals surface area contributed by atoms with Crippen LogP contribution in [0.3, 0.4) is 0 Å². The predicted molar refractivity (Wildman–Crippen MR) is 98.3 cm³/mol. The van der Waals surface area contributed by atoms with Crippen molar-refractivity contribution in [3.8, 4) is 0 Å². The van der Waals surface area contributed by atoms with E-state index < -0.39 is 11.9 Å². The van der Waals surface area contributed by atoms with Crippen LogP contribution in [0.2, 0.25) is 0 Å². The van der Waals surface area contributed by atoms with Crippen LogP contribution in [0, 0.1) is 11.8 Å². The quantitative estimate of drug-likeness (QED) is 0.719. The molecule has 5 nitrogen and oxygen atoms in total. The fraction of sp³-hybridized carbons (Fsp3) is 0.619. The molecule has 1 fully saturated rings. The van der Waals surface area contributed by atoms with Gasteiger partial charge in [-0.2, -0.15) is 0 Å². The molecule has 0 aliphatic carbocycles. The lowest BCUT2D eigenvalue weighted by Gasteiger charge is -2.47. The third kappa shape index (κ3) is 5.84. The normalized spacial score (nSPS) is 20.2. The van der Waals surface area contributed by atoms with Crippen LogP contribution in [0.4, 0.5) is 0 Å². The maximum absolute atomic E-state index is 12.8. The number of benzene rings is 1.